The van der Waals surface area contributed by atoms with Crippen molar-refractivity contribution in [1.82, 2.24) is 0 Å². The zero-order valence-electron chi connectivity index (χ0n) is 44.0. The van der Waals surface area contributed by atoms with E-state index in [0.717, 1.165) is 30.4 Å². The van der Waals surface area contributed by atoms with Gasteiger partial charge >= 0.3 is 8.60 Å². The van der Waals surface area contributed by atoms with Crippen molar-refractivity contribution in [1.29, 1.82) is 0 Å². The maximum absolute atomic E-state index is 14.8. The Hall–Kier alpha value is -5.47. The van der Waals surface area contributed by atoms with Crippen LogP contribution in [0.15, 0.2) is 164 Å². The molecule has 402 valence electrons. The van der Waals surface area contributed by atoms with Crippen molar-refractivity contribution in [2.45, 2.75) is 84.5 Å². The number of unbranched alkanes of at least 4 members (excludes halogenated alkanes) is 2. The van der Waals surface area contributed by atoms with E-state index >= 15 is 0 Å². The number of aryl methyl sites for hydroxylation is 1. The minimum Gasteiger partial charge on any atom is -0.497 e. The largest absolute Gasteiger partial charge is 0.529 e. The molecule has 0 bridgehead atoms. The Morgan fingerprint density at radius 2 is 1.35 bits per heavy atom. The average molecular weight is 1070 g/mol. The second-order valence-corrected chi connectivity index (χ2v) is 19.4. The molecule has 3 aliphatic heterocycles. The van der Waals surface area contributed by atoms with Crippen LogP contribution in [-0.2, 0) is 42.2 Å². The molecule has 0 aliphatic carbocycles. The highest BCUT2D eigenvalue weighted by atomic mass is 31.2. The number of hydrogen-bond donors (Lipinski definition) is 0. The van der Waals surface area contributed by atoms with E-state index in [4.69, 9.17) is 60.5 Å². The molecule has 75 heavy (non-hydrogen) atoms. The number of hydrogen-bond acceptors (Lipinski definition) is 14. The summed E-state index contributed by atoms with van der Waals surface area (Å²) in [5, 5.41) is 0. The van der Waals surface area contributed by atoms with Crippen LogP contribution in [0, 0.1) is 6.92 Å². The molecule has 3 aliphatic rings. The number of ketones is 1. The van der Waals surface area contributed by atoms with E-state index in [1.54, 1.807) is 79.9 Å². The van der Waals surface area contributed by atoms with Gasteiger partial charge in [0.2, 0.25) is 14.2 Å². The molecule has 16 heteroatoms. The molecule has 4 unspecified atom stereocenters. The number of rotatable bonds is 28. The maximum Gasteiger partial charge on any atom is 0.529 e. The third-order valence-electron chi connectivity index (χ3n) is 11.6. The molecule has 0 aromatic heterocycles. The van der Waals surface area contributed by atoms with Crippen molar-refractivity contribution in [3.63, 3.8) is 0 Å². The molecule has 4 atom stereocenters. The lowest BCUT2D eigenvalue weighted by molar-refractivity contribution is -0.0451. The molecular weight excluding hydrogens is 995 g/mol. The van der Waals surface area contributed by atoms with Crippen molar-refractivity contribution in [3.05, 3.63) is 192 Å². The molecule has 14 nitrogen and oxygen atoms in total. The molecule has 7 rings (SSSR count). The van der Waals surface area contributed by atoms with Gasteiger partial charge in [0, 0.05) is 36.9 Å². The van der Waals surface area contributed by atoms with Crippen LogP contribution in [0.3, 0.4) is 0 Å². The number of para-hydroxylation sites is 2. The van der Waals surface area contributed by atoms with E-state index in [-0.39, 0.29) is 40.8 Å². The standard InChI is InChI=1S/C49H60O12P2.C10H12O2/c1-8-12-15-21-38(34-36(5)52-29-20-13-9-2)57-63(61-45-26-19-17-23-42(45)49-55-32-33-56-49)60-44-25-18-16-22-40(44)47(50)41-28-27-37(51-6)35-46(41)59-62(7)58-43(24-14-10-3)39(11-4)48-53-30-31-54-48;1-8-4-2-3-5-9(8)10-11-6-7-12-10/h8,10-12,14-19,21-28,35-36,43,48-49H,1,3,9,13,20,29-34H2,2,4-7H3;2-5,10H,6-7H2,1H3/b15-12-,24-14?,38-21+,39-11+;. The predicted molar refractivity (Wildman–Crippen MR) is 293 cm³/mol. The Balaban J connectivity index is 0.000000662. The second kappa shape index (κ2) is 32.2. The number of methoxy groups -OCH3 is 1. The molecule has 0 radical (unpaired) electrons. The fourth-order valence-corrected chi connectivity index (χ4v) is 9.89. The smallest absolute Gasteiger partial charge is 0.497 e. The predicted octanol–water partition coefficient (Wildman–Crippen LogP) is 14.1. The van der Waals surface area contributed by atoms with E-state index in [1.807, 2.05) is 81.2 Å². The summed E-state index contributed by atoms with van der Waals surface area (Å²) in [5.74, 6) is 1.60. The second-order valence-electron chi connectivity index (χ2n) is 17.1. The minimum atomic E-state index is -2.27. The molecule has 0 amide bonds. The van der Waals surface area contributed by atoms with E-state index < -0.39 is 35.7 Å². The number of allylic oxidation sites excluding steroid dienone is 7. The summed E-state index contributed by atoms with van der Waals surface area (Å²) in [6, 6.07) is 27.5. The van der Waals surface area contributed by atoms with Crippen molar-refractivity contribution in [2.75, 3.05) is 60.0 Å². The molecule has 3 heterocycles. The summed E-state index contributed by atoms with van der Waals surface area (Å²) in [6.07, 6.45) is 15.9. The summed E-state index contributed by atoms with van der Waals surface area (Å²) in [5.41, 5.74) is 4.33. The Labute approximate surface area is 445 Å². The summed E-state index contributed by atoms with van der Waals surface area (Å²) >= 11 is 0. The normalized spacial score (nSPS) is 17.3. The van der Waals surface area contributed by atoms with Crippen molar-refractivity contribution in [3.8, 4) is 23.0 Å². The molecule has 3 fully saturated rings. The highest BCUT2D eigenvalue weighted by molar-refractivity contribution is 7.46. The van der Waals surface area contributed by atoms with E-state index in [1.165, 1.54) is 5.56 Å². The lowest BCUT2D eigenvalue weighted by Gasteiger charge is -2.25. The van der Waals surface area contributed by atoms with Gasteiger partial charge in [-0.1, -0.05) is 130 Å². The van der Waals surface area contributed by atoms with Crippen LogP contribution in [0.5, 0.6) is 23.0 Å². The van der Waals surface area contributed by atoms with E-state index in [9.17, 15) is 4.79 Å². The lowest BCUT2D eigenvalue weighted by atomic mass is 10.0. The van der Waals surface area contributed by atoms with Gasteiger partial charge in [0.25, 0.3) is 0 Å². The van der Waals surface area contributed by atoms with Gasteiger partial charge in [0.05, 0.1) is 69.5 Å². The van der Waals surface area contributed by atoms with Gasteiger partial charge in [-0.15, -0.1) is 0 Å². The average Bonchev–Trinajstić information content (AvgIpc) is 4.27. The number of carbonyl (C=O) groups excluding carboxylic acids is 1. The van der Waals surface area contributed by atoms with Crippen LogP contribution >= 0.6 is 17.0 Å². The summed E-state index contributed by atoms with van der Waals surface area (Å²) in [4.78, 5) is 14.8. The first-order chi connectivity index (χ1) is 36.7. The van der Waals surface area contributed by atoms with E-state index in [2.05, 4.69) is 33.1 Å². The van der Waals surface area contributed by atoms with Gasteiger partial charge in [-0.05, 0) is 69.2 Å². The maximum atomic E-state index is 14.8. The molecule has 4 aromatic carbocycles. The van der Waals surface area contributed by atoms with Crippen LogP contribution in [0.1, 0.15) is 91.6 Å². The molecular formula is C59H72O14P2. The summed E-state index contributed by atoms with van der Waals surface area (Å²) < 4.78 is 78.6. The van der Waals surface area contributed by atoms with Gasteiger partial charge in [-0.2, -0.15) is 0 Å². The van der Waals surface area contributed by atoms with Gasteiger partial charge in [0.15, 0.2) is 18.9 Å². The summed E-state index contributed by atoms with van der Waals surface area (Å²) in [6.45, 7) is 21.5. The third-order valence-corrected chi connectivity index (χ3v) is 13.6. The third kappa shape index (κ3) is 18.4. The van der Waals surface area contributed by atoms with Crippen molar-refractivity contribution >= 4 is 22.8 Å². The Kier molecular flexibility index (Phi) is 25.2. The van der Waals surface area contributed by atoms with Gasteiger partial charge in [-0.3, -0.25) is 4.79 Å². The minimum absolute atomic E-state index is 0.133. The Bertz CT molecular complexity index is 2520. The monoisotopic (exact) mass is 1070 g/mol. The first-order valence-electron chi connectivity index (χ1n) is 25.3. The van der Waals surface area contributed by atoms with Gasteiger partial charge in [0.1, 0.15) is 34.9 Å². The summed E-state index contributed by atoms with van der Waals surface area (Å²) in [7, 11) is -2.37. The number of ether oxygens (including phenoxy) is 8. The van der Waals surface area contributed by atoms with Crippen LogP contribution in [-0.4, -0.2) is 84.3 Å². The van der Waals surface area contributed by atoms with E-state index in [0.29, 0.717) is 75.5 Å². The van der Waals surface area contributed by atoms with Crippen molar-refractivity contribution < 1.29 is 65.3 Å². The fourth-order valence-electron chi connectivity index (χ4n) is 7.82. The molecule has 0 spiro atoms. The van der Waals surface area contributed by atoms with Gasteiger partial charge in [-0.25, -0.2) is 0 Å². The fraction of sp³-hybridized carbons (Fsp3) is 0.373. The quantitative estimate of drug-likeness (QED) is 0.0133. The highest BCUT2D eigenvalue weighted by Crippen LogP contribution is 2.48. The Morgan fingerprint density at radius 1 is 0.733 bits per heavy atom. The number of benzene rings is 4. The molecule has 4 aromatic rings. The lowest BCUT2D eigenvalue weighted by Crippen LogP contribution is -2.23. The zero-order valence-corrected chi connectivity index (χ0v) is 45.8. The van der Waals surface area contributed by atoms with Gasteiger partial charge < -0.3 is 60.5 Å². The van der Waals surface area contributed by atoms with Crippen LogP contribution < -0.4 is 18.3 Å². The zero-order chi connectivity index (χ0) is 53.2. The highest BCUT2D eigenvalue weighted by Gasteiger charge is 2.32. The van der Waals surface area contributed by atoms with Crippen molar-refractivity contribution in [2.24, 2.45) is 0 Å². The molecule has 0 N–H and O–H groups in total. The molecule has 0 saturated carbocycles. The van der Waals surface area contributed by atoms with Crippen LogP contribution in [0.25, 0.3) is 0 Å². The number of carbonyl (C=O) groups is 1. The van der Waals surface area contributed by atoms with Crippen LogP contribution in [0.2, 0.25) is 0 Å². The van der Waals surface area contributed by atoms with Crippen LogP contribution in [0.4, 0.5) is 0 Å². The SMILES string of the molecule is C=CC=CC(OP(C)Oc1cc(OC)ccc1C(=O)c1ccccc1OP(O/C(=C/C=C\C=C)CC(C)OCCCCC)Oc1ccccc1C1OCCO1)/C(=C\C)C1OCCO1.Cc1ccccc1C1OCCO1. The first-order valence-corrected chi connectivity index (χ1v) is 28.0. The first kappa shape index (κ1) is 58.8. The molecule has 3 saturated heterocycles. The Morgan fingerprint density at radius 3 is 2.01 bits per heavy atom. The topological polar surface area (TPSA) is 137 Å².